The van der Waals surface area contributed by atoms with Crippen molar-refractivity contribution in [2.45, 2.75) is 56.5 Å². The predicted octanol–water partition coefficient (Wildman–Crippen LogP) is 0.544. The van der Waals surface area contributed by atoms with Gasteiger partial charge in [0, 0.05) is 19.8 Å². The molecule has 0 unspecified atom stereocenters. The van der Waals surface area contributed by atoms with Crippen LogP contribution in [-0.4, -0.2) is 62.7 Å². The molecule has 0 spiro atoms. The maximum atomic E-state index is 12.4. The molecule has 138 valence electrons. The molecule has 0 aromatic heterocycles. The fourth-order valence-corrected chi connectivity index (χ4v) is 3.51. The predicted molar refractivity (Wildman–Crippen MR) is 83.9 cm³/mol. The minimum atomic E-state index is -4.79. The highest BCUT2D eigenvalue weighted by Gasteiger charge is 2.53. The van der Waals surface area contributed by atoms with Crippen LogP contribution >= 0.6 is 7.60 Å². The largest absolute Gasteiger partial charge is 0.465 e. The van der Waals surface area contributed by atoms with Gasteiger partial charge >= 0.3 is 13.6 Å². The number of aliphatic hydroxyl groups is 3. The van der Waals surface area contributed by atoms with Crippen LogP contribution in [0.3, 0.4) is 0 Å². The lowest BCUT2D eigenvalue weighted by atomic mass is 9.94. The summed E-state index contributed by atoms with van der Waals surface area (Å²) in [7, 11) is -4.79. The lowest BCUT2D eigenvalue weighted by molar-refractivity contribution is -0.148. The van der Waals surface area contributed by atoms with E-state index in [1.165, 1.54) is 0 Å². The fourth-order valence-electron chi connectivity index (χ4n) is 2.31. The molecule has 23 heavy (non-hydrogen) atoms. The van der Waals surface area contributed by atoms with Crippen molar-refractivity contribution in [1.29, 1.82) is 0 Å². The van der Waals surface area contributed by atoms with E-state index in [9.17, 15) is 19.1 Å². The molecule has 0 aliphatic rings. The first-order chi connectivity index (χ1) is 10.9. The highest BCUT2D eigenvalue weighted by molar-refractivity contribution is 7.54. The van der Waals surface area contributed by atoms with Crippen molar-refractivity contribution in [3.8, 4) is 0 Å². The summed E-state index contributed by atoms with van der Waals surface area (Å²) in [5.74, 6) is -0.945. The molecular weight excluding hydrogens is 327 g/mol. The van der Waals surface area contributed by atoms with E-state index < -0.39 is 18.7 Å². The molecule has 0 amide bonds. The maximum Gasteiger partial charge on any atom is 0.342 e. The summed E-state index contributed by atoms with van der Waals surface area (Å²) >= 11 is 0. The Kier molecular flexibility index (Phi) is 11.7. The molecule has 0 rings (SSSR count). The number of esters is 1. The Labute approximate surface area is 136 Å². The lowest BCUT2D eigenvalue weighted by Crippen LogP contribution is -2.40. The van der Waals surface area contributed by atoms with Crippen molar-refractivity contribution in [2.75, 3.05) is 26.4 Å². The highest BCUT2D eigenvalue weighted by atomic mass is 31.2. The van der Waals surface area contributed by atoms with Crippen LogP contribution in [0.5, 0.6) is 0 Å². The topological polar surface area (TPSA) is 145 Å². The van der Waals surface area contributed by atoms with Crippen molar-refractivity contribution in [2.24, 2.45) is 0 Å². The van der Waals surface area contributed by atoms with Gasteiger partial charge in [-0.1, -0.05) is 0 Å². The Morgan fingerprint density at radius 2 is 1.26 bits per heavy atom. The molecule has 0 saturated carbocycles. The number of rotatable bonds is 14. The molecule has 0 heterocycles. The molecule has 9 heteroatoms. The van der Waals surface area contributed by atoms with Crippen LogP contribution in [0.1, 0.15) is 51.4 Å². The monoisotopic (exact) mass is 356 g/mol. The number of carbonyl (C=O) groups excluding carboxylic acids is 1. The molecule has 0 atom stereocenters. The lowest BCUT2D eigenvalue weighted by Gasteiger charge is -2.32. The molecule has 0 radical (unpaired) electrons. The van der Waals surface area contributed by atoms with Crippen LogP contribution < -0.4 is 0 Å². The van der Waals surface area contributed by atoms with Gasteiger partial charge in [0.2, 0.25) is 0 Å². The average molecular weight is 356 g/mol. The number of hydrogen-bond donors (Lipinski definition) is 5. The van der Waals surface area contributed by atoms with E-state index in [0.29, 0.717) is 25.7 Å². The summed E-state index contributed by atoms with van der Waals surface area (Å²) in [6.45, 7) is -0.311. The Balaban J connectivity index is 5.09. The second-order valence-corrected chi connectivity index (χ2v) is 7.45. The first-order valence-corrected chi connectivity index (χ1v) is 9.52. The molecule has 5 N–H and O–H groups in total. The molecule has 0 aromatic rings. The summed E-state index contributed by atoms with van der Waals surface area (Å²) in [5, 5.41) is 24.5. The van der Waals surface area contributed by atoms with Gasteiger partial charge < -0.3 is 29.8 Å². The smallest absolute Gasteiger partial charge is 0.342 e. The fraction of sp³-hybridized carbons (Fsp3) is 0.929. The van der Waals surface area contributed by atoms with Crippen LogP contribution in [0.4, 0.5) is 0 Å². The van der Waals surface area contributed by atoms with Crippen LogP contribution in [-0.2, 0) is 14.1 Å². The summed E-state index contributed by atoms with van der Waals surface area (Å²) in [6.07, 6.45) is 1.92. The minimum absolute atomic E-state index is 0.0128. The molecule has 0 aliphatic carbocycles. The second-order valence-electron chi connectivity index (χ2n) is 5.50. The molecule has 8 nitrogen and oxygen atoms in total. The number of aliphatic hydroxyl groups excluding tert-OH is 3. The van der Waals surface area contributed by atoms with Gasteiger partial charge in [-0.15, -0.1) is 0 Å². The van der Waals surface area contributed by atoms with Crippen molar-refractivity contribution in [3.05, 3.63) is 0 Å². The SMILES string of the molecule is O=C(OCCCCO)C(CCCCO)(CCCCO)P(=O)(O)O. The molecule has 0 fully saturated rings. The summed E-state index contributed by atoms with van der Waals surface area (Å²) < 4.78 is 17.0. The van der Waals surface area contributed by atoms with Gasteiger partial charge in [-0.3, -0.25) is 9.36 Å². The molecule has 0 aliphatic heterocycles. The number of hydrogen-bond acceptors (Lipinski definition) is 6. The van der Waals surface area contributed by atoms with E-state index >= 15 is 0 Å². The zero-order chi connectivity index (χ0) is 17.8. The summed E-state index contributed by atoms with van der Waals surface area (Å²) in [5.41, 5.74) is 0. The van der Waals surface area contributed by atoms with E-state index in [1.807, 2.05) is 0 Å². The van der Waals surface area contributed by atoms with E-state index in [0.717, 1.165) is 0 Å². The zero-order valence-electron chi connectivity index (χ0n) is 13.4. The van der Waals surface area contributed by atoms with Crippen LogP contribution in [0.15, 0.2) is 0 Å². The maximum absolute atomic E-state index is 12.4. The third-order valence-electron chi connectivity index (χ3n) is 3.72. The third-order valence-corrected chi connectivity index (χ3v) is 5.47. The third kappa shape index (κ3) is 7.74. The summed E-state index contributed by atoms with van der Waals surface area (Å²) in [4.78, 5) is 31.9. The number of carbonyl (C=O) groups is 1. The van der Waals surface area contributed by atoms with E-state index in [1.54, 1.807) is 0 Å². The Hall–Kier alpha value is -0.500. The van der Waals surface area contributed by atoms with Gasteiger partial charge in [-0.25, -0.2) is 0 Å². The van der Waals surface area contributed by atoms with Crippen LogP contribution in [0.2, 0.25) is 0 Å². The van der Waals surface area contributed by atoms with E-state index in [2.05, 4.69) is 0 Å². The molecule has 0 aromatic carbocycles. The zero-order valence-corrected chi connectivity index (χ0v) is 14.3. The Morgan fingerprint density at radius 3 is 1.65 bits per heavy atom. The van der Waals surface area contributed by atoms with E-state index in [-0.39, 0.29) is 52.1 Å². The normalized spacial score (nSPS) is 12.4. The van der Waals surface area contributed by atoms with E-state index in [4.69, 9.17) is 20.1 Å². The summed E-state index contributed by atoms with van der Waals surface area (Å²) in [6, 6.07) is 0. The first kappa shape index (κ1) is 22.5. The van der Waals surface area contributed by atoms with Crippen molar-refractivity contribution in [1.82, 2.24) is 0 Å². The van der Waals surface area contributed by atoms with Crippen molar-refractivity contribution in [3.63, 3.8) is 0 Å². The Morgan fingerprint density at radius 1 is 0.826 bits per heavy atom. The number of ether oxygens (including phenoxy) is 1. The standard InChI is InChI=1S/C14H29O8P/c15-9-3-1-7-14(23(19,20)21,8-2-4-10-16)13(18)22-12-6-5-11-17/h15-17H,1-12H2,(H2,19,20,21). The van der Waals surface area contributed by atoms with Gasteiger partial charge in [0.1, 0.15) is 0 Å². The quantitative estimate of drug-likeness (QED) is 0.172. The number of unbranched alkanes of at least 4 members (excludes halogenated alkanes) is 3. The average Bonchev–Trinajstić information content (AvgIpc) is 2.49. The molecular formula is C14H29O8P. The van der Waals surface area contributed by atoms with Crippen molar-refractivity contribution < 1.29 is 39.2 Å². The molecule has 0 bridgehead atoms. The first-order valence-electron chi connectivity index (χ1n) is 7.91. The Bertz CT molecular complexity index is 358. The van der Waals surface area contributed by atoms with Gasteiger partial charge in [0.15, 0.2) is 5.16 Å². The van der Waals surface area contributed by atoms with Crippen molar-refractivity contribution >= 4 is 13.6 Å². The second kappa shape index (κ2) is 11.9. The van der Waals surface area contributed by atoms with Gasteiger partial charge in [0.05, 0.1) is 6.61 Å². The molecule has 0 saturated heterocycles. The minimum Gasteiger partial charge on any atom is -0.465 e. The highest BCUT2D eigenvalue weighted by Crippen LogP contribution is 2.56. The van der Waals surface area contributed by atoms with Gasteiger partial charge in [-0.2, -0.15) is 0 Å². The van der Waals surface area contributed by atoms with Crippen LogP contribution in [0.25, 0.3) is 0 Å². The van der Waals surface area contributed by atoms with Gasteiger partial charge in [0.25, 0.3) is 0 Å². The van der Waals surface area contributed by atoms with Gasteiger partial charge in [-0.05, 0) is 51.4 Å². The van der Waals surface area contributed by atoms with Crippen LogP contribution in [0, 0.1) is 0 Å².